The van der Waals surface area contributed by atoms with Gasteiger partial charge in [0.25, 0.3) is 0 Å². The molecule has 1 aliphatic carbocycles. The number of carbonyl (C=O) groups is 2. The number of para-hydroxylation sites is 1. The van der Waals surface area contributed by atoms with E-state index in [0.717, 1.165) is 24.4 Å². The van der Waals surface area contributed by atoms with Crippen LogP contribution in [0.1, 0.15) is 24.8 Å². The monoisotopic (exact) mass is 331 g/mol. The fraction of sp³-hybridized carbons (Fsp3) is 0.556. The number of piperazine rings is 1. The Morgan fingerprint density at radius 2 is 2.17 bits per heavy atom. The molecular weight excluding hydrogens is 306 g/mol. The van der Waals surface area contributed by atoms with Gasteiger partial charge in [-0.3, -0.25) is 14.5 Å². The number of rotatable bonds is 7. The van der Waals surface area contributed by atoms with E-state index >= 15 is 0 Å². The van der Waals surface area contributed by atoms with Crippen molar-refractivity contribution in [3.63, 3.8) is 0 Å². The number of nitrogens with one attached hydrogen (secondary N) is 2. The van der Waals surface area contributed by atoms with Crippen LogP contribution in [-0.4, -0.2) is 49.5 Å². The number of benzene rings is 1. The number of amides is 2. The Morgan fingerprint density at radius 3 is 2.92 bits per heavy atom. The number of nitrogens with zero attached hydrogens (tertiary/aromatic N) is 1. The summed E-state index contributed by atoms with van der Waals surface area (Å²) in [5.41, 5.74) is 1.03. The van der Waals surface area contributed by atoms with E-state index in [1.807, 2.05) is 24.3 Å². The highest BCUT2D eigenvalue weighted by atomic mass is 16.5. The molecule has 2 N–H and O–H groups in total. The molecule has 2 fully saturated rings. The van der Waals surface area contributed by atoms with Gasteiger partial charge in [0.2, 0.25) is 11.8 Å². The first-order valence-corrected chi connectivity index (χ1v) is 8.57. The molecule has 0 spiro atoms. The average Bonchev–Trinajstić information content (AvgIpc) is 3.41. The standard InChI is InChI=1S/C18H25N3O3/c1-24-16-5-3-2-4-14(16)12-21-9-8-19-18(23)15(21)10-17(22)20-11-13-6-7-13/h2-5,13,15H,6-12H2,1H3,(H,19,23)(H,20,22). The first kappa shape index (κ1) is 16.8. The molecule has 6 nitrogen and oxygen atoms in total. The van der Waals surface area contributed by atoms with E-state index < -0.39 is 6.04 Å². The van der Waals surface area contributed by atoms with Crippen molar-refractivity contribution in [1.82, 2.24) is 15.5 Å². The summed E-state index contributed by atoms with van der Waals surface area (Å²) in [7, 11) is 1.64. The van der Waals surface area contributed by atoms with Crippen LogP contribution in [0.3, 0.4) is 0 Å². The van der Waals surface area contributed by atoms with Crippen LogP contribution in [-0.2, 0) is 16.1 Å². The maximum Gasteiger partial charge on any atom is 0.237 e. The van der Waals surface area contributed by atoms with Gasteiger partial charge in [0, 0.05) is 31.7 Å². The zero-order valence-electron chi connectivity index (χ0n) is 14.1. The molecule has 1 atom stereocenters. The zero-order chi connectivity index (χ0) is 16.9. The molecule has 130 valence electrons. The maximum atomic E-state index is 12.3. The van der Waals surface area contributed by atoms with E-state index in [-0.39, 0.29) is 18.2 Å². The molecular formula is C18H25N3O3. The molecule has 0 bridgehead atoms. The highest BCUT2D eigenvalue weighted by molar-refractivity contribution is 5.88. The lowest BCUT2D eigenvalue weighted by molar-refractivity contribution is -0.134. The maximum absolute atomic E-state index is 12.3. The van der Waals surface area contributed by atoms with E-state index in [2.05, 4.69) is 15.5 Å². The van der Waals surface area contributed by atoms with Gasteiger partial charge in [0.05, 0.1) is 19.6 Å². The normalized spacial score (nSPS) is 21.2. The quantitative estimate of drug-likeness (QED) is 0.779. The Hall–Kier alpha value is -2.08. The van der Waals surface area contributed by atoms with Crippen molar-refractivity contribution in [2.45, 2.75) is 31.8 Å². The smallest absolute Gasteiger partial charge is 0.237 e. The summed E-state index contributed by atoms with van der Waals surface area (Å²) in [5.74, 6) is 1.32. The van der Waals surface area contributed by atoms with E-state index in [9.17, 15) is 9.59 Å². The molecule has 2 aliphatic rings. The van der Waals surface area contributed by atoms with Crippen LogP contribution in [0.5, 0.6) is 5.75 Å². The second-order valence-electron chi connectivity index (χ2n) is 6.54. The molecule has 1 saturated heterocycles. The summed E-state index contributed by atoms with van der Waals surface area (Å²) in [6, 6.07) is 7.36. The largest absolute Gasteiger partial charge is 0.496 e. The molecule has 0 radical (unpaired) electrons. The van der Waals surface area contributed by atoms with Crippen molar-refractivity contribution in [2.75, 3.05) is 26.7 Å². The number of hydrogen-bond acceptors (Lipinski definition) is 4. The first-order chi connectivity index (χ1) is 11.7. The Balaban J connectivity index is 1.64. The predicted octanol–water partition coefficient (Wildman–Crippen LogP) is 0.912. The highest BCUT2D eigenvalue weighted by Gasteiger charge is 2.32. The van der Waals surface area contributed by atoms with Crippen molar-refractivity contribution in [3.8, 4) is 5.75 Å². The second kappa shape index (κ2) is 7.66. The molecule has 0 aromatic heterocycles. The third-order valence-electron chi connectivity index (χ3n) is 4.67. The van der Waals surface area contributed by atoms with Gasteiger partial charge in [0.1, 0.15) is 5.75 Å². The van der Waals surface area contributed by atoms with Crippen LogP contribution in [0.2, 0.25) is 0 Å². The van der Waals surface area contributed by atoms with E-state index in [1.54, 1.807) is 7.11 Å². The summed E-state index contributed by atoms with van der Waals surface area (Å²) in [6.45, 7) is 2.66. The SMILES string of the molecule is COc1ccccc1CN1CCNC(=O)C1CC(=O)NCC1CC1. The molecule has 6 heteroatoms. The third kappa shape index (κ3) is 4.26. The minimum atomic E-state index is -0.428. The molecule has 1 aliphatic heterocycles. The zero-order valence-corrected chi connectivity index (χ0v) is 14.1. The van der Waals surface area contributed by atoms with Crippen molar-refractivity contribution in [2.24, 2.45) is 5.92 Å². The van der Waals surface area contributed by atoms with Gasteiger partial charge in [-0.1, -0.05) is 18.2 Å². The average molecular weight is 331 g/mol. The van der Waals surface area contributed by atoms with Crippen molar-refractivity contribution < 1.29 is 14.3 Å². The minimum Gasteiger partial charge on any atom is -0.496 e. The van der Waals surface area contributed by atoms with E-state index in [4.69, 9.17) is 4.74 Å². The van der Waals surface area contributed by atoms with Crippen molar-refractivity contribution in [3.05, 3.63) is 29.8 Å². The molecule has 1 aromatic carbocycles. The predicted molar refractivity (Wildman–Crippen MR) is 90.6 cm³/mol. The third-order valence-corrected chi connectivity index (χ3v) is 4.67. The fourth-order valence-electron chi connectivity index (χ4n) is 3.05. The summed E-state index contributed by atoms with van der Waals surface area (Å²) in [5, 5.41) is 5.82. The summed E-state index contributed by atoms with van der Waals surface area (Å²) in [6.07, 6.45) is 2.60. The van der Waals surface area contributed by atoms with Gasteiger partial charge in [-0.2, -0.15) is 0 Å². The van der Waals surface area contributed by atoms with E-state index in [0.29, 0.717) is 19.0 Å². The molecule has 1 aromatic rings. The minimum absolute atomic E-state index is 0.0472. The van der Waals surface area contributed by atoms with Gasteiger partial charge >= 0.3 is 0 Å². The van der Waals surface area contributed by atoms with Crippen LogP contribution in [0.25, 0.3) is 0 Å². The highest BCUT2D eigenvalue weighted by Crippen LogP contribution is 2.27. The van der Waals surface area contributed by atoms with Gasteiger partial charge in [-0.25, -0.2) is 0 Å². The summed E-state index contributed by atoms with van der Waals surface area (Å²) in [4.78, 5) is 26.5. The first-order valence-electron chi connectivity index (χ1n) is 8.57. The molecule has 1 heterocycles. The topological polar surface area (TPSA) is 70.7 Å². The summed E-state index contributed by atoms with van der Waals surface area (Å²) < 4.78 is 5.40. The van der Waals surface area contributed by atoms with Gasteiger partial charge in [0.15, 0.2) is 0 Å². The summed E-state index contributed by atoms with van der Waals surface area (Å²) >= 11 is 0. The van der Waals surface area contributed by atoms with Gasteiger partial charge < -0.3 is 15.4 Å². The van der Waals surface area contributed by atoms with E-state index in [1.165, 1.54) is 12.8 Å². The number of hydrogen-bond donors (Lipinski definition) is 2. The Bertz CT molecular complexity index is 601. The Labute approximate surface area is 142 Å². The van der Waals surface area contributed by atoms with Crippen LogP contribution in [0.4, 0.5) is 0 Å². The number of ether oxygens (including phenoxy) is 1. The molecule has 3 rings (SSSR count). The Morgan fingerprint density at radius 1 is 1.38 bits per heavy atom. The van der Waals surface area contributed by atoms with Crippen LogP contribution in [0.15, 0.2) is 24.3 Å². The van der Waals surface area contributed by atoms with Crippen LogP contribution < -0.4 is 15.4 Å². The van der Waals surface area contributed by atoms with Crippen molar-refractivity contribution in [1.29, 1.82) is 0 Å². The Kier molecular flexibility index (Phi) is 5.35. The molecule has 1 unspecified atom stereocenters. The van der Waals surface area contributed by atoms with Gasteiger partial charge in [-0.15, -0.1) is 0 Å². The van der Waals surface area contributed by atoms with Gasteiger partial charge in [-0.05, 0) is 24.8 Å². The van der Waals surface area contributed by atoms with Crippen molar-refractivity contribution >= 4 is 11.8 Å². The molecule has 2 amide bonds. The number of carbonyl (C=O) groups excluding carboxylic acids is 2. The second-order valence-corrected chi connectivity index (χ2v) is 6.54. The lowest BCUT2D eigenvalue weighted by atomic mass is 10.1. The van der Waals surface area contributed by atoms with Crippen LogP contribution in [0, 0.1) is 5.92 Å². The molecule has 24 heavy (non-hydrogen) atoms. The molecule has 1 saturated carbocycles. The number of methoxy groups -OCH3 is 1. The fourth-order valence-corrected chi connectivity index (χ4v) is 3.05. The lowest BCUT2D eigenvalue weighted by Crippen LogP contribution is -2.56. The lowest BCUT2D eigenvalue weighted by Gasteiger charge is -2.35. The van der Waals surface area contributed by atoms with Crippen LogP contribution >= 0.6 is 0 Å².